The van der Waals surface area contributed by atoms with Crippen molar-refractivity contribution in [3.05, 3.63) is 65.7 Å². The van der Waals surface area contributed by atoms with Crippen LogP contribution in [0.4, 0.5) is 23.2 Å². The lowest BCUT2D eigenvalue weighted by atomic mass is 10.1. The molecule has 5 heteroatoms. The molecule has 0 bridgehead atoms. The summed E-state index contributed by atoms with van der Waals surface area (Å²) in [6.07, 6.45) is 0. The molecule has 1 N–H and O–H groups in total. The first kappa shape index (κ1) is 13.4. The van der Waals surface area contributed by atoms with Gasteiger partial charge >= 0.3 is 0 Å². The molecule has 1 nitrogen and oxygen atoms in total. The Morgan fingerprint density at radius 3 is 2.26 bits per heavy atom. The molecule has 0 aromatic heterocycles. The summed E-state index contributed by atoms with van der Waals surface area (Å²) in [4.78, 5) is 0. The Balaban J connectivity index is 2.12. The smallest absolute Gasteiger partial charge is 0.290 e. The summed E-state index contributed by atoms with van der Waals surface area (Å²) in [6.45, 7) is -0.808. The van der Waals surface area contributed by atoms with Crippen LogP contribution < -0.4 is 5.32 Å². The predicted octanol–water partition coefficient (Wildman–Crippen LogP) is 4.17. The number of anilines is 1. The minimum Gasteiger partial charge on any atom is -0.376 e. The molecule has 0 aliphatic heterocycles. The minimum atomic E-state index is -3.17. The molecular weight excluding hydrogens is 258 g/mol. The van der Waals surface area contributed by atoms with E-state index in [9.17, 15) is 17.6 Å². The number of rotatable bonds is 4. The molecule has 0 fully saturated rings. The molecule has 0 amide bonds. The van der Waals surface area contributed by atoms with Gasteiger partial charge in [0, 0.05) is 5.56 Å². The van der Waals surface area contributed by atoms with Crippen molar-refractivity contribution in [3.8, 4) is 0 Å². The van der Waals surface area contributed by atoms with Crippen molar-refractivity contribution in [3.63, 3.8) is 0 Å². The highest BCUT2D eigenvalue weighted by Gasteiger charge is 2.31. The summed E-state index contributed by atoms with van der Waals surface area (Å²) in [5.74, 6) is -5.40. The maximum absolute atomic E-state index is 13.8. The van der Waals surface area contributed by atoms with Crippen LogP contribution in [0.1, 0.15) is 5.56 Å². The summed E-state index contributed by atoms with van der Waals surface area (Å²) in [7, 11) is 0. The Morgan fingerprint density at radius 1 is 0.895 bits per heavy atom. The molecule has 0 unspecified atom stereocenters. The van der Waals surface area contributed by atoms with E-state index in [1.807, 2.05) is 0 Å². The third-order valence-corrected chi connectivity index (χ3v) is 2.65. The first-order chi connectivity index (χ1) is 9.00. The molecule has 0 atom stereocenters. The average Bonchev–Trinajstić information content (AvgIpc) is 2.41. The SMILES string of the molecule is Fc1cccc(NCC(F)(F)c2ccccc2)c1F. The second kappa shape index (κ2) is 5.30. The minimum absolute atomic E-state index is 0.181. The van der Waals surface area contributed by atoms with Gasteiger partial charge in [0.1, 0.15) is 0 Å². The Kier molecular flexibility index (Phi) is 3.74. The van der Waals surface area contributed by atoms with Crippen molar-refractivity contribution in [1.29, 1.82) is 0 Å². The van der Waals surface area contributed by atoms with E-state index in [2.05, 4.69) is 5.32 Å². The number of benzene rings is 2. The third-order valence-electron chi connectivity index (χ3n) is 2.65. The molecule has 0 saturated carbocycles. The summed E-state index contributed by atoms with van der Waals surface area (Å²) in [5.41, 5.74) is -0.463. The molecule has 2 aromatic rings. The van der Waals surface area contributed by atoms with E-state index in [0.717, 1.165) is 6.07 Å². The van der Waals surface area contributed by atoms with Gasteiger partial charge in [-0.1, -0.05) is 36.4 Å². The van der Waals surface area contributed by atoms with Crippen LogP contribution in [0.25, 0.3) is 0 Å². The number of halogens is 4. The molecule has 0 saturated heterocycles. The van der Waals surface area contributed by atoms with E-state index in [0.29, 0.717) is 0 Å². The molecule has 0 radical (unpaired) electrons. The van der Waals surface area contributed by atoms with Gasteiger partial charge in [0.15, 0.2) is 11.6 Å². The van der Waals surface area contributed by atoms with E-state index in [-0.39, 0.29) is 11.3 Å². The monoisotopic (exact) mass is 269 g/mol. The summed E-state index contributed by atoms with van der Waals surface area (Å²) < 4.78 is 53.8. The largest absolute Gasteiger partial charge is 0.376 e. The van der Waals surface area contributed by atoms with Crippen molar-refractivity contribution in [2.24, 2.45) is 0 Å². The van der Waals surface area contributed by atoms with E-state index >= 15 is 0 Å². The lowest BCUT2D eigenvalue weighted by Crippen LogP contribution is -2.25. The summed E-state index contributed by atoms with van der Waals surface area (Å²) >= 11 is 0. The van der Waals surface area contributed by atoms with Crippen molar-refractivity contribution in [1.82, 2.24) is 0 Å². The number of alkyl halides is 2. The zero-order valence-electron chi connectivity index (χ0n) is 9.84. The predicted molar refractivity (Wildman–Crippen MR) is 65.2 cm³/mol. The fraction of sp³-hybridized carbons (Fsp3) is 0.143. The Labute approximate surface area is 107 Å². The van der Waals surface area contributed by atoms with Gasteiger partial charge in [-0.25, -0.2) is 8.78 Å². The highest BCUT2D eigenvalue weighted by Crippen LogP contribution is 2.28. The first-order valence-electron chi connectivity index (χ1n) is 5.62. The molecule has 0 aliphatic carbocycles. The molecular formula is C14H11F4N. The molecule has 19 heavy (non-hydrogen) atoms. The van der Waals surface area contributed by atoms with Gasteiger partial charge in [0.25, 0.3) is 5.92 Å². The maximum Gasteiger partial charge on any atom is 0.290 e. The van der Waals surface area contributed by atoms with Crippen molar-refractivity contribution in [2.75, 3.05) is 11.9 Å². The Hall–Kier alpha value is -2.04. The quantitative estimate of drug-likeness (QED) is 0.821. The van der Waals surface area contributed by atoms with Crippen LogP contribution >= 0.6 is 0 Å². The van der Waals surface area contributed by atoms with Crippen LogP contribution in [0.2, 0.25) is 0 Å². The highest BCUT2D eigenvalue weighted by molar-refractivity contribution is 5.45. The van der Waals surface area contributed by atoms with Crippen LogP contribution in [0.15, 0.2) is 48.5 Å². The van der Waals surface area contributed by atoms with Crippen LogP contribution in [0.5, 0.6) is 0 Å². The van der Waals surface area contributed by atoms with Crippen LogP contribution in [-0.4, -0.2) is 6.54 Å². The van der Waals surface area contributed by atoms with Crippen molar-refractivity contribution < 1.29 is 17.6 Å². The molecule has 2 aromatic carbocycles. The summed E-state index contributed by atoms with van der Waals surface area (Å²) in [5, 5.41) is 2.23. The Morgan fingerprint density at radius 2 is 1.58 bits per heavy atom. The maximum atomic E-state index is 13.8. The highest BCUT2D eigenvalue weighted by atomic mass is 19.3. The average molecular weight is 269 g/mol. The van der Waals surface area contributed by atoms with Crippen molar-refractivity contribution in [2.45, 2.75) is 5.92 Å². The van der Waals surface area contributed by atoms with Gasteiger partial charge in [-0.3, -0.25) is 0 Å². The standard InChI is InChI=1S/C14H11F4N/c15-11-7-4-8-12(13(11)16)19-9-14(17,18)10-5-2-1-3-6-10/h1-8,19H,9H2. The first-order valence-corrected chi connectivity index (χ1v) is 5.62. The number of nitrogens with one attached hydrogen (secondary N) is 1. The molecule has 0 aliphatic rings. The summed E-state index contributed by atoms with van der Waals surface area (Å²) in [6, 6.07) is 10.6. The van der Waals surface area contributed by atoms with Crippen molar-refractivity contribution >= 4 is 5.69 Å². The van der Waals surface area contributed by atoms with Gasteiger partial charge < -0.3 is 5.32 Å². The van der Waals surface area contributed by atoms with E-state index in [1.165, 1.54) is 36.4 Å². The van der Waals surface area contributed by atoms with Gasteiger partial charge in [-0.05, 0) is 12.1 Å². The molecule has 2 rings (SSSR count). The normalized spacial score (nSPS) is 11.4. The van der Waals surface area contributed by atoms with E-state index in [1.54, 1.807) is 6.07 Å². The topological polar surface area (TPSA) is 12.0 Å². The van der Waals surface area contributed by atoms with E-state index < -0.39 is 24.1 Å². The van der Waals surface area contributed by atoms with Gasteiger partial charge in [-0.15, -0.1) is 0 Å². The van der Waals surface area contributed by atoms with Crippen LogP contribution in [0.3, 0.4) is 0 Å². The van der Waals surface area contributed by atoms with E-state index in [4.69, 9.17) is 0 Å². The fourth-order valence-corrected chi connectivity index (χ4v) is 1.63. The number of hydrogen-bond donors (Lipinski definition) is 1. The van der Waals surface area contributed by atoms with Gasteiger partial charge in [-0.2, -0.15) is 8.78 Å². The fourth-order valence-electron chi connectivity index (χ4n) is 1.63. The van der Waals surface area contributed by atoms with Crippen LogP contribution in [0, 0.1) is 11.6 Å². The number of hydrogen-bond acceptors (Lipinski definition) is 1. The zero-order chi connectivity index (χ0) is 13.9. The molecule has 100 valence electrons. The zero-order valence-corrected chi connectivity index (χ0v) is 9.84. The lowest BCUT2D eigenvalue weighted by molar-refractivity contribution is 0.0105. The third kappa shape index (κ3) is 3.05. The lowest BCUT2D eigenvalue weighted by Gasteiger charge is -2.18. The van der Waals surface area contributed by atoms with Crippen LogP contribution in [-0.2, 0) is 5.92 Å². The molecule has 0 heterocycles. The Bertz CT molecular complexity index is 555. The molecule has 0 spiro atoms. The second-order valence-corrected chi connectivity index (χ2v) is 4.03. The van der Waals surface area contributed by atoms with Gasteiger partial charge in [0.2, 0.25) is 0 Å². The second-order valence-electron chi connectivity index (χ2n) is 4.03. The van der Waals surface area contributed by atoms with Gasteiger partial charge in [0.05, 0.1) is 12.2 Å².